The van der Waals surface area contributed by atoms with Crippen molar-refractivity contribution in [1.29, 1.82) is 0 Å². The number of carbonyl (C=O) groups is 1. The van der Waals surface area contributed by atoms with Crippen molar-refractivity contribution < 1.29 is 69.0 Å². The fourth-order valence-corrected chi connectivity index (χ4v) is 10.6. The molecule has 11 atom stereocenters. The number of aliphatic hydroxyl groups excluding tert-OH is 7. The molecular formula is C63H120O14. The number of carbonyl (C=O) groups excluding carboxylic acids is 1. The highest BCUT2D eigenvalue weighted by atomic mass is 16.7. The van der Waals surface area contributed by atoms with Gasteiger partial charge in [0.1, 0.15) is 54.9 Å². The lowest BCUT2D eigenvalue weighted by Crippen LogP contribution is -2.61. The molecule has 77 heavy (non-hydrogen) atoms. The Labute approximate surface area is 469 Å². The summed E-state index contributed by atoms with van der Waals surface area (Å²) in [5, 5.41) is 72.5. The van der Waals surface area contributed by atoms with Gasteiger partial charge in [0.15, 0.2) is 12.6 Å². The van der Waals surface area contributed by atoms with Gasteiger partial charge in [-0.1, -0.05) is 251 Å². The van der Waals surface area contributed by atoms with E-state index in [0.29, 0.717) is 13.0 Å². The van der Waals surface area contributed by atoms with E-state index >= 15 is 0 Å². The third-order valence-electron chi connectivity index (χ3n) is 15.8. The molecule has 0 bridgehead atoms. The number of hydrogen-bond acceptors (Lipinski definition) is 14. The van der Waals surface area contributed by atoms with Gasteiger partial charge in [-0.05, 0) is 38.5 Å². The lowest BCUT2D eigenvalue weighted by Gasteiger charge is -2.42. The molecule has 2 fully saturated rings. The van der Waals surface area contributed by atoms with Crippen molar-refractivity contribution in [2.24, 2.45) is 0 Å². The van der Waals surface area contributed by atoms with Crippen LogP contribution in [0.4, 0.5) is 0 Å². The Morgan fingerprint density at radius 1 is 0.416 bits per heavy atom. The summed E-state index contributed by atoms with van der Waals surface area (Å²) in [6.07, 6.45) is 41.3. The molecule has 7 N–H and O–H groups in total. The summed E-state index contributed by atoms with van der Waals surface area (Å²) in [4.78, 5) is 13.1. The van der Waals surface area contributed by atoms with Crippen LogP contribution in [0.3, 0.4) is 0 Å². The number of esters is 1. The van der Waals surface area contributed by atoms with Crippen molar-refractivity contribution in [2.75, 3.05) is 33.0 Å². The van der Waals surface area contributed by atoms with E-state index in [2.05, 4.69) is 26.0 Å². The van der Waals surface area contributed by atoms with Crippen LogP contribution in [0.5, 0.6) is 0 Å². The molecule has 0 aliphatic carbocycles. The van der Waals surface area contributed by atoms with Crippen LogP contribution in [0.2, 0.25) is 0 Å². The largest absolute Gasteiger partial charge is 0.457 e. The van der Waals surface area contributed by atoms with Crippen LogP contribution < -0.4 is 0 Å². The van der Waals surface area contributed by atoms with E-state index in [1.165, 1.54) is 218 Å². The van der Waals surface area contributed by atoms with Gasteiger partial charge in [0.25, 0.3) is 0 Å². The fourth-order valence-electron chi connectivity index (χ4n) is 10.6. The minimum Gasteiger partial charge on any atom is -0.457 e. The van der Waals surface area contributed by atoms with E-state index in [1.54, 1.807) is 0 Å². The number of hydrogen-bond donors (Lipinski definition) is 7. The maximum Gasteiger partial charge on any atom is 0.306 e. The average molecular weight is 1100 g/mol. The van der Waals surface area contributed by atoms with E-state index < -0.39 is 80.7 Å². The summed E-state index contributed by atoms with van der Waals surface area (Å²) in [5.41, 5.74) is 0. The number of unbranched alkanes of at least 4 members (excludes halogenated alkanes) is 38. The van der Waals surface area contributed by atoms with E-state index in [4.69, 9.17) is 28.4 Å². The summed E-state index contributed by atoms with van der Waals surface area (Å²) >= 11 is 0. The monoisotopic (exact) mass is 1100 g/mol. The van der Waals surface area contributed by atoms with Crippen molar-refractivity contribution in [3.63, 3.8) is 0 Å². The highest BCUT2D eigenvalue weighted by Gasteiger charge is 2.47. The number of ether oxygens (including phenoxy) is 6. The van der Waals surface area contributed by atoms with Crippen LogP contribution in [-0.4, -0.2) is 142 Å². The van der Waals surface area contributed by atoms with Crippen molar-refractivity contribution in [2.45, 2.75) is 351 Å². The molecule has 0 amide bonds. The highest BCUT2D eigenvalue weighted by molar-refractivity contribution is 5.69. The topological polar surface area (TPSA) is 214 Å². The molecule has 14 nitrogen and oxygen atoms in total. The smallest absolute Gasteiger partial charge is 0.306 e. The first-order valence-electron chi connectivity index (χ1n) is 32.3. The van der Waals surface area contributed by atoms with Crippen LogP contribution in [-0.2, 0) is 33.2 Å². The lowest BCUT2D eigenvalue weighted by molar-refractivity contribution is -0.332. The lowest BCUT2D eigenvalue weighted by atomic mass is 9.98. The van der Waals surface area contributed by atoms with Gasteiger partial charge in [-0.3, -0.25) is 4.79 Å². The second kappa shape index (κ2) is 50.5. The minimum absolute atomic E-state index is 0.0677. The molecule has 0 aromatic heterocycles. The second-order valence-electron chi connectivity index (χ2n) is 22.9. The average Bonchev–Trinajstić information content (AvgIpc) is 3.43. The molecule has 2 saturated heterocycles. The molecule has 0 aromatic carbocycles. The number of allylic oxidation sites excluding steroid dienone is 2. The third kappa shape index (κ3) is 36.7. The van der Waals surface area contributed by atoms with Crippen molar-refractivity contribution >= 4 is 5.97 Å². The molecule has 14 heteroatoms. The summed E-state index contributed by atoms with van der Waals surface area (Å²) in [6.45, 7) is 3.76. The number of rotatable bonds is 54. The molecule has 0 saturated carbocycles. The normalized spacial score (nSPS) is 24.3. The summed E-state index contributed by atoms with van der Waals surface area (Å²) in [6, 6.07) is 0. The maximum absolute atomic E-state index is 13.1. The second-order valence-corrected chi connectivity index (χ2v) is 22.9. The molecular weight excluding hydrogens is 981 g/mol. The predicted octanol–water partition coefficient (Wildman–Crippen LogP) is 12.5. The van der Waals surface area contributed by atoms with E-state index in [0.717, 1.165) is 38.5 Å². The summed E-state index contributed by atoms with van der Waals surface area (Å²) in [5.74, 6) is -0.371. The maximum atomic E-state index is 13.1. The van der Waals surface area contributed by atoms with Crippen LogP contribution >= 0.6 is 0 Å². The van der Waals surface area contributed by atoms with Crippen LogP contribution in [0, 0.1) is 0 Å². The first-order chi connectivity index (χ1) is 37.6. The molecule has 2 aliphatic heterocycles. The molecule has 456 valence electrons. The zero-order valence-corrected chi connectivity index (χ0v) is 49.2. The van der Waals surface area contributed by atoms with Gasteiger partial charge in [-0.2, -0.15) is 0 Å². The minimum atomic E-state index is -1.70. The Morgan fingerprint density at radius 2 is 0.766 bits per heavy atom. The van der Waals surface area contributed by atoms with Gasteiger partial charge in [-0.25, -0.2) is 0 Å². The Kier molecular flexibility index (Phi) is 47.1. The Hall–Kier alpha value is -1.27. The van der Waals surface area contributed by atoms with Gasteiger partial charge in [0.2, 0.25) is 0 Å². The van der Waals surface area contributed by atoms with E-state index in [-0.39, 0.29) is 25.6 Å². The molecule has 0 radical (unpaired) electrons. The molecule has 2 aliphatic rings. The van der Waals surface area contributed by atoms with Gasteiger partial charge in [-0.15, -0.1) is 0 Å². The fraction of sp³-hybridized carbons (Fsp3) is 0.952. The summed E-state index contributed by atoms with van der Waals surface area (Å²) < 4.78 is 34.5. The molecule has 2 rings (SSSR count). The van der Waals surface area contributed by atoms with Crippen LogP contribution in [0.1, 0.15) is 284 Å². The van der Waals surface area contributed by atoms with Gasteiger partial charge >= 0.3 is 5.97 Å². The van der Waals surface area contributed by atoms with Gasteiger partial charge in [0.05, 0.1) is 26.4 Å². The van der Waals surface area contributed by atoms with Crippen molar-refractivity contribution in [1.82, 2.24) is 0 Å². The van der Waals surface area contributed by atoms with Crippen molar-refractivity contribution in [3.05, 3.63) is 12.2 Å². The van der Waals surface area contributed by atoms with E-state index in [1.807, 2.05) is 0 Å². The summed E-state index contributed by atoms with van der Waals surface area (Å²) in [7, 11) is 0. The SMILES string of the molecule is CCCCCCCCCC/C=C\CCCCCCCCCCCC(=O)OC(COCCCCCCCCCCCCCCCCCCCCCCCC)COC1OC(COC2OC(CO)C(O)C(O)C2O)C(O)C(O)C1O. The zero-order chi connectivity index (χ0) is 55.8. The first-order valence-corrected chi connectivity index (χ1v) is 32.3. The molecule has 11 unspecified atom stereocenters. The molecule has 0 aromatic rings. The standard InChI is InChI=1S/C63H120O14/c1-3-5-7-9-11-13-15-17-19-21-23-25-27-29-31-33-35-37-39-41-43-45-47-72-49-52(50-73-62-61(71)59(69)57(67)54(77-62)51-74-63-60(70)58(68)56(66)53(48-64)76-63)75-55(65)46-44-42-40-38-36-34-32-30-28-26-24-22-20-18-16-14-12-10-8-6-4-2/h22,24,52-54,56-64,66-71H,3-21,23,25-51H2,1-2H3/b24-22-. The van der Waals surface area contributed by atoms with Crippen LogP contribution in [0.25, 0.3) is 0 Å². The third-order valence-corrected chi connectivity index (χ3v) is 15.8. The first kappa shape index (κ1) is 71.8. The highest BCUT2D eigenvalue weighted by Crippen LogP contribution is 2.27. The molecule has 0 spiro atoms. The Morgan fingerprint density at radius 3 is 1.18 bits per heavy atom. The van der Waals surface area contributed by atoms with Crippen LogP contribution in [0.15, 0.2) is 12.2 Å². The zero-order valence-electron chi connectivity index (χ0n) is 49.2. The Bertz CT molecular complexity index is 1320. The quantitative estimate of drug-likeness (QED) is 0.0172. The van der Waals surface area contributed by atoms with Gasteiger partial charge in [0, 0.05) is 13.0 Å². The predicted molar refractivity (Wildman–Crippen MR) is 307 cm³/mol. The Balaban J connectivity index is 1.67. The molecule has 2 heterocycles. The van der Waals surface area contributed by atoms with E-state index in [9.17, 15) is 40.5 Å². The van der Waals surface area contributed by atoms with Gasteiger partial charge < -0.3 is 64.2 Å². The van der Waals surface area contributed by atoms with Crippen molar-refractivity contribution in [3.8, 4) is 0 Å². The number of aliphatic hydroxyl groups is 7.